The Hall–Kier alpha value is -0.883. The second kappa shape index (κ2) is 8.42. The molecular formula is C20H38O5Si. The lowest BCUT2D eigenvalue weighted by atomic mass is 9.92. The molecule has 0 aromatic carbocycles. The normalized spacial score (nSPS) is 21.1. The molecule has 1 rings (SSSR count). The van der Waals surface area contributed by atoms with E-state index in [9.17, 15) is 9.59 Å². The van der Waals surface area contributed by atoms with Crippen molar-refractivity contribution in [1.29, 1.82) is 0 Å². The van der Waals surface area contributed by atoms with Gasteiger partial charge in [0.1, 0.15) is 0 Å². The van der Waals surface area contributed by atoms with Gasteiger partial charge in [0.15, 0.2) is 5.92 Å². The SMILES string of the molecule is CC(CC1C(=O)OC(C)(C)OC1=O)C(C)O[Si](C(C)C)(C(C)C)C(C)C. The van der Waals surface area contributed by atoms with E-state index in [1.165, 1.54) is 0 Å². The molecule has 0 radical (unpaired) electrons. The molecule has 26 heavy (non-hydrogen) atoms. The van der Waals surface area contributed by atoms with E-state index in [0.717, 1.165) is 0 Å². The van der Waals surface area contributed by atoms with Gasteiger partial charge in [0, 0.05) is 20.0 Å². The maximum absolute atomic E-state index is 12.2. The summed E-state index contributed by atoms with van der Waals surface area (Å²) >= 11 is 0. The fourth-order valence-electron chi connectivity index (χ4n) is 4.35. The highest BCUT2D eigenvalue weighted by atomic mass is 28.4. The van der Waals surface area contributed by atoms with E-state index in [1.807, 2.05) is 6.92 Å². The molecule has 0 N–H and O–H groups in total. The Bertz CT molecular complexity index is 471. The van der Waals surface area contributed by atoms with Gasteiger partial charge in [-0.05, 0) is 35.9 Å². The number of ether oxygens (including phenoxy) is 2. The molecule has 152 valence electrons. The predicted octanol–water partition coefficient (Wildman–Crippen LogP) is 5.05. The molecule has 0 amide bonds. The van der Waals surface area contributed by atoms with E-state index in [-0.39, 0.29) is 12.0 Å². The molecule has 2 unspecified atom stereocenters. The predicted molar refractivity (Wildman–Crippen MR) is 105 cm³/mol. The number of hydrogen-bond acceptors (Lipinski definition) is 5. The smallest absolute Gasteiger partial charge is 0.323 e. The van der Waals surface area contributed by atoms with Crippen LogP contribution in [-0.2, 0) is 23.5 Å². The quantitative estimate of drug-likeness (QED) is 0.332. The summed E-state index contributed by atoms with van der Waals surface area (Å²) in [5.41, 5.74) is 1.47. The number of rotatable bonds is 8. The lowest BCUT2D eigenvalue weighted by molar-refractivity contribution is -0.240. The number of cyclic esters (lactones) is 2. The average Bonchev–Trinajstić information content (AvgIpc) is 2.45. The highest BCUT2D eigenvalue weighted by molar-refractivity contribution is 6.77. The molecule has 2 atom stereocenters. The standard InChI is InChI=1S/C20H38O5Si/c1-12(2)26(13(3)4,14(5)6)25-16(8)15(7)11-17-18(21)23-20(9,10)24-19(17)22/h12-17H,11H2,1-10H3. The van der Waals surface area contributed by atoms with Crippen LogP contribution in [0.2, 0.25) is 16.6 Å². The maximum atomic E-state index is 12.2. The lowest BCUT2D eigenvalue weighted by Crippen LogP contribution is -2.51. The summed E-state index contributed by atoms with van der Waals surface area (Å²) in [5.74, 6) is -2.98. The van der Waals surface area contributed by atoms with Gasteiger partial charge in [-0.25, -0.2) is 0 Å². The van der Waals surface area contributed by atoms with Crippen molar-refractivity contribution in [3.63, 3.8) is 0 Å². The third-order valence-corrected chi connectivity index (χ3v) is 12.0. The van der Waals surface area contributed by atoms with Gasteiger partial charge in [0.2, 0.25) is 8.32 Å². The zero-order valence-electron chi connectivity index (χ0n) is 18.2. The molecule has 1 aliphatic rings. The van der Waals surface area contributed by atoms with E-state index in [4.69, 9.17) is 13.9 Å². The van der Waals surface area contributed by atoms with Crippen molar-refractivity contribution in [2.24, 2.45) is 11.8 Å². The fourth-order valence-corrected chi connectivity index (χ4v) is 10.0. The zero-order chi connectivity index (χ0) is 20.4. The fraction of sp³-hybridized carbons (Fsp3) is 0.900. The van der Waals surface area contributed by atoms with Crippen molar-refractivity contribution in [1.82, 2.24) is 0 Å². The Kier molecular flexibility index (Phi) is 7.50. The Morgan fingerprint density at radius 1 is 0.885 bits per heavy atom. The van der Waals surface area contributed by atoms with Crippen LogP contribution in [0.3, 0.4) is 0 Å². The maximum Gasteiger partial charge on any atom is 0.323 e. The first kappa shape index (κ1) is 23.2. The van der Waals surface area contributed by atoms with Gasteiger partial charge >= 0.3 is 11.9 Å². The van der Waals surface area contributed by atoms with Crippen LogP contribution >= 0.6 is 0 Å². The van der Waals surface area contributed by atoms with Crippen LogP contribution in [-0.4, -0.2) is 32.1 Å². The molecule has 6 heteroatoms. The van der Waals surface area contributed by atoms with Crippen LogP contribution in [0.5, 0.6) is 0 Å². The molecule has 0 bridgehead atoms. The highest BCUT2D eigenvalue weighted by Gasteiger charge is 2.48. The molecule has 1 saturated heterocycles. The minimum absolute atomic E-state index is 0.0376. The molecule has 1 fully saturated rings. The first-order valence-electron chi connectivity index (χ1n) is 9.88. The van der Waals surface area contributed by atoms with E-state index in [2.05, 4.69) is 48.5 Å². The average molecular weight is 387 g/mol. The van der Waals surface area contributed by atoms with E-state index < -0.39 is 32.0 Å². The zero-order valence-corrected chi connectivity index (χ0v) is 19.2. The molecule has 1 heterocycles. The Labute approximate surface area is 160 Å². The molecule has 0 spiro atoms. The monoisotopic (exact) mass is 386 g/mol. The van der Waals surface area contributed by atoms with Crippen LogP contribution < -0.4 is 0 Å². The van der Waals surface area contributed by atoms with E-state index in [0.29, 0.717) is 23.0 Å². The number of esters is 2. The van der Waals surface area contributed by atoms with Gasteiger partial charge < -0.3 is 13.9 Å². The molecule has 5 nitrogen and oxygen atoms in total. The molecular weight excluding hydrogens is 348 g/mol. The summed E-state index contributed by atoms with van der Waals surface area (Å²) in [6, 6.07) is 0. The van der Waals surface area contributed by atoms with Crippen molar-refractivity contribution in [2.45, 2.75) is 104 Å². The summed E-state index contributed by atoms with van der Waals surface area (Å²) < 4.78 is 17.2. The molecule has 0 saturated carbocycles. The first-order valence-corrected chi connectivity index (χ1v) is 12.0. The largest absolute Gasteiger partial charge is 0.422 e. The number of carbonyl (C=O) groups excluding carboxylic acids is 2. The second-order valence-corrected chi connectivity index (χ2v) is 14.6. The molecule has 0 aliphatic carbocycles. The minimum atomic E-state index is -2.01. The van der Waals surface area contributed by atoms with Crippen molar-refractivity contribution >= 4 is 20.3 Å². The van der Waals surface area contributed by atoms with Crippen molar-refractivity contribution < 1.29 is 23.5 Å². The van der Waals surface area contributed by atoms with E-state index >= 15 is 0 Å². The van der Waals surface area contributed by atoms with Gasteiger partial charge in [-0.2, -0.15) is 0 Å². The summed E-state index contributed by atoms with van der Waals surface area (Å²) in [6.45, 7) is 20.7. The molecule has 0 aromatic heterocycles. The van der Waals surface area contributed by atoms with Gasteiger partial charge in [-0.1, -0.05) is 48.5 Å². The van der Waals surface area contributed by atoms with Crippen LogP contribution in [0.4, 0.5) is 0 Å². The van der Waals surface area contributed by atoms with E-state index in [1.54, 1.807) is 13.8 Å². The topological polar surface area (TPSA) is 61.8 Å². The van der Waals surface area contributed by atoms with Crippen LogP contribution in [0, 0.1) is 11.8 Å². The Morgan fingerprint density at radius 3 is 1.62 bits per heavy atom. The van der Waals surface area contributed by atoms with Gasteiger partial charge in [0.25, 0.3) is 5.79 Å². The summed E-state index contributed by atoms with van der Waals surface area (Å²) in [5, 5.41) is 0. The van der Waals surface area contributed by atoms with Gasteiger partial charge in [-0.15, -0.1) is 0 Å². The van der Waals surface area contributed by atoms with Crippen molar-refractivity contribution in [3.8, 4) is 0 Å². The first-order chi connectivity index (χ1) is 11.7. The van der Waals surface area contributed by atoms with Crippen LogP contribution in [0.15, 0.2) is 0 Å². The third kappa shape index (κ3) is 4.88. The number of carbonyl (C=O) groups is 2. The highest BCUT2D eigenvalue weighted by Crippen LogP contribution is 2.44. The van der Waals surface area contributed by atoms with Crippen molar-refractivity contribution in [3.05, 3.63) is 0 Å². The molecule has 0 aromatic rings. The van der Waals surface area contributed by atoms with Gasteiger partial charge in [0.05, 0.1) is 0 Å². The lowest BCUT2D eigenvalue weighted by Gasteiger charge is -2.45. The summed E-state index contributed by atoms with van der Waals surface area (Å²) in [7, 11) is -2.01. The van der Waals surface area contributed by atoms with Crippen LogP contribution in [0.1, 0.15) is 75.7 Å². The van der Waals surface area contributed by atoms with Crippen LogP contribution in [0.25, 0.3) is 0 Å². The Morgan fingerprint density at radius 2 is 1.27 bits per heavy atom. The second-order valence-electron chi connectivity index (χ2n) is 9.15. The third-order valence-electron chi connectivity index (χ3n) is 5.77. The number of hydrogen-bond donors (Lipinski definition) is 0. The van der Waals surface area contributed by atoms with Gasteiger partial charge in [-0.3, -0.25) is 9.59 Å². The summed E-state index contributed by atoms with van der Waals surface area (Å²) in [4.78, 5) is 24.5. The molecule has 1 aliphatic heterocycles. The van der Waals surface area contributed by atoms with Crippen molar-refractivity contribution in [2.75, 3.05) is 0 Å². The summed E-state index contributed by atoms with van der Waals surface area (Å²) in [6.07, 6.45) is 0.345. The minimum Gasteiger partial charge on any atom is -0.422 e. The Balaban J connectivity index is 2.88.